The van der Waals surface area contributed by atoms with Gasteiger partial charge < -0.3 is 29.0 Å². The molecule has 11 heteroatoms. The van der Waals surface area contributed by atoms with E-state index in [0.717, 1.165) is 14.2 Å². The minimum atomic E-state index is -1.08. The molecule has 1 aromatic rings. The van der Waals surface area contributed by atoms with E-state index in [9.17, 15) is 29.9 Å². The third-order valence-electron chi connectivity index (χ3n) is 4.68. The number of carbonyl (C=O) groups excluding carboxylic acids is 2. The summed E-state index contributed by atoms with van der Waals surface area (Å²) in [5.41, 5.74) is -1.37. The second-order valence-corrected chi connectivity index (χ2v) is 6.35. The third-order valence-corrected chi connectivity index (χ3v) is 4.68. The summed E-state index contributed by atoms with van der Waals surface area (Å²) < 4.78 is 16.3. The van der Waals surface area contributed by atoms with E-state index in [0.29, 0.717) is 12.8 Å². The van der Waals surface area contributed by atoms with Crippen LogP contribution < -0.4 is 0 Å². The van der Waals surface area contributed by atoms with Gasteiger partial charge in [-0.25, -0.2) is 9.59 Å². The van der Waals surface area contributed by atoms with Crippen LogP contribution in [0.25, 0.3) is 0 Å². The quantitative estimate of drug-likeness (QED) is 0.369. The van der Waals surface area contributed by atoms with Crippen molar-refractivity contribution >= 4 is 17.6 Å². The lowest BCUT2D eigenvalue weighted by atomic mass is 10.0. The van der Waals surface area contributed by atoms with E-state index in [1.165, 1.54) is 4.57 Å². The van der Waals surface area contributed by atoms with E-state index in [1.807, 2.05) is 6.92 Å². The Kier molecular flexibility index (Phi) is 7.11. The first kappa shape index (κ1) is 21.8. The van der Waals surface area contributed by atoms with Gasteiger partial charge in [-0.2, -0.15) is 0 Å². The van der Waals surface area contributed by atoms with Crippen molar-refractivity contribution in [2.24, 2.45) is 0 Å². The van der Waals surface area contributed by atoms with E-state index >= 15 is 0 Å². The molecule has 1 saturated heterocycles. The molecule has 0 aliphatic carbocycles. The van der Waals surface area contributed by atoms with Gasteiger partial charge in [0.05, 0.1) is 43.5 Å². The number of rotatable bonds is 8. The highest BCUT2D eigenvalue weighted by molar-refractivity contribution is 5.99. The summed E-state index contributed by atoms with van der Waals surface area (Å²) in [6, 6.07) is 0. The summed E-state index contributed by atoms with van der Waals surface area (Å²) in [5, 5.41) is 31.2. The SMILES string of the molecule is CCCCn1c(C(=O)OC)c(C2CC(O)C(CO)O2)c([N+](=O)[O-])c1C(=O)OC. The molecule has 11 nitrogen and oxygen atoms in total. The van der Waals surface area contributed by atoms with Gasteiger partial charge in [0.25, 0.3) is 0 Å². The average Bonchev–Trinajstić information content (AvgIpc) is 3.22. The predicted molar refractivity (Wildman–Crippen MR) is 94.0 cm³/mol. The lowest BCUT2D eigenvalue weighted by Gasteiger charge is -2.13. The molecule has 3 atom stereocenters. The zero-order chi connectivity index (χ0) is 21.0. The minimum Gasteiger partial charge on any atom is -0.464 e. The molecule has 2 heterocycles. The topological polar surface area (TPSA) is 150 Å². The molecular formula is C17H24N2O9. The second-order valence-electron chi connectivity index (χ2n) is 6.35. The van der Waals surface area contributed by atoms with Crippen LogP contribution in [0.4, 0.5) is 5.69 Å². The molecule has 0 saturated carbocycles. The summed E-state index contributed by atoms with van der Waals surface area (Å²) in [5.74, 6) is -1.86. The average molecular weight is 400 g/mol. The van der Waals surface area contributed by atoms with Crippen molar-refractivity contribution in [2.75, 3.05) is 20.8 Å². The number of esters is 2. The molecule has 1 aromatic heterocycles. The van der Waals surface area contributed by atoms with Gasteiger partial charge in [-0.3, -0.25) is 10.1 Å². The minimum absolute atomic E-state index is 0.0888. The number of hydrogen-bond acceptors (Lipinski definition) is 9. The van der Waals surface area contributed by atoms with Gasteiger partial charge in [-0.1, -0.05) is 13.3 Å². The number of nitro groups is 1. The summed E-state index contributed by atoms with van der Waals surface area (Å²) in [4.78, 5) is 36.0. The lowest BCUT2D eigenvalue weighted by molar-refractivity contribution is -0.386. The molecule has 0 radical (unpaired) electrons. The Balaban J connectivity index is 2.79. The van der Waals surface area contributed by atoms with Crippen LogP contribution in [0.15, 0.2) is 0 Å². The smallest absolute Gasteiger partial charge is 0.361 e. The Morgan fingerprint density at radius 1 is 1.29 bits per heavy atom. The predicted octanol–water partition coefficient (Wildman–Crippen LogP) is 0.953. The number of carbonyl (C=O) groups is 2. The number of aliphatic hydroxyl groups excluding tert-OH is 2. The van der Waals surface area contributed by atoms with Crippen LogP contribution in [0.5, 0.6) is 0 Å². The van der Waals surface area contributed by atoms with Gasteiger partial charge in [-0.05, 0) is 6.42 Å². The van der Waals surface area contributed by atoms with Crippen molar-refractivity contribution in [1.82, 2.24) is 4.57 Å². The monoisotopic (exact) mass is 400 g/mol. The fraction of sp³-hybridized carbons (Fsp3) is 0.647. The molecule has 3 unspecified atom stereocenters. The highest BCUT2D eigenvalue weighted by atomic mass is 16.6. The number of methoxy groups -OCH3 is 2. The van der Waals surface area contributed by atoms with Crippen molar-refractivity contribution in [3.63, 3.8) is 0 Å². The van der Waals surface area contributed by atoms with Crippen molar-refractivity contribution in [3.8, 4) is 0 Å². The zero-order valence-corrected chi connectivity index (χ0v) is 15.9. The number of hydrogen-bond donors (Lipinski definition) is 2. The van der Waals surface area contributed by atoms with Crippen LogP contribution in [0, 0.1) is 10.1 Å². The van der Waals surface area contributed by atoms with Crippen molar-refractivity contribution < 1.29 is 38.9 Å². The Bertz CT molecular complexity index is 758. The Labute approximate surface area is 160 Å². The number of unbranched alkanes of at least 4 members (excludes halogenated alkanes) is 1. The Morgan fingerprint density at radius 3 is 2.36 bits per heavy atom. The van der Waals surface area contributed by atoms with Crippen molar-refractivity contribution in [1.29, 1.82) is 0 Å². The summed E-state index contributed by atoms with van der Waals surface area (Å²) in [6.45, 7) is 1.53. The molecule has 2 N–H and O–H groups in total. The molecule has 28 heavy (non-hydrogen) atoms. The number of aromatic nitrogens is 1. The summed E-state index contributed by atoms with van der Waals surface area (Å²) in [6.07, 6.45) is -1.97. The van der Waals surface area contributed by atoms with Crippen LogP contribution in [0.1, 0.15) is 58.8 Å². The molecule has 0 aromatic carbocycles. The number of ether oxygens (including phenoxy) is 3. The van der Waals surface area contributed by atoms with Crippen molar-refractivity contribution in [2.45, 2.75) is 51.0 Å². The third kappa shape index (κ3) is 3.86. The van der Waals surface area contributed by atoms with Crippen molar-refractivity contribution in [3.05, 3.63) is 27.1 Å². The molecule has 0 bridgehead atoms. The molecule has 156 valence electrons. The first-order chi connectivity index (χ1) is 13.3. The Hall–Kier alpha value is -2.50. The van der Waals surface area contributed by atoms with Gasteiger partial charge in [0.2, 0.25) is 5.69 Å². The van der Waals surface area contributed by atoms with Crippen LogP contribution in [0.2, 0.25) is 0 Å². The van der Waals surface area contributed by atoms with E-state index in [2.05, 4.69) is 0 Å². The molecule has 0 spiro atoms. The van der Waals surface area contributed by atoms with Gasteiger partial charge in [0.1, 0.15) is 11.8 Å². The molecule has 0 amide bonds. The lowest BCUT2D eigenvalue weighted by Crippen LogP contribution is -2.24. The van der Waals surface area contributed by atoms with Gasteiger partial charge in [0, 0.05) is 13.0 Å². The normalized spacial score (nSPS) is 21.5. The van der Waals surface area contributed by atoms with Crippen LogP contribution in [-0.4, -0.2) is 64.7 Å². The van der Waals surface area contributed by atoms with E-state index in [1.54, 1.807) is 0 Å². The maximum Gasteiger partial charge on any atom is 0.361 e. The fourth-order valence-electron chi connectivity index (χ4n) is 3.35. The largest absolute Gasteiger partial charge is 0.464 e. The van der Waals surface area contributed by atoms with Gasteiger partial charge in [-0.15, -0.1) is 0 Å². The van der Waals surface area contributed by atoms with E-state index < -0.39 is 47.5 Å². The van der Waals surface area contributed by atoms with E-state index in [4.69, 9.17) is 14.2 Å². The zero-order valence-electron chi connectivity index (χ0n) is 15.9. The standard InChI is InChI=1S/C17H24N2O9/c1-4-5-6-18-14(16(22)26-2)12(10-7-9(21)11(8-20)28-10)13(19(24)25)15(18)17(23)27-3/h9-11,20-21H,4-8H2,1-3H3. The summed E-state index contributed by atoms with van der Waals surface area (Å²) >= 11 is 0. The summed E-state index contributed by atoms with van der Waals surface area (Å²) in [7, 11) is 2.20. The maximum absolute atomic E-state index is 12.5. The first-order valence-electron chi connectivity index (χ1n) is 8.83. The molecule has 1 fully saturated rings. The van der Waals surface area contributed by atoms with Crippen LogP contribution in [0.3, 0.4) is 0 Å². The van der Waals surface area contributed by atoms with Crippen LogP contribution in [-0.2, 0) is 20.8 Å². The molecule has 1 aliphatic heterocycles. The number of nitrogens with zero attached hydrogens (tertiary/aromatic N) is 2. The first-order valence-corrected chi connectivity index (χ1v) is 8.83. The fourth-order valence-corrected chi connectivity index (χ4v) is 3.35. The maximum atomic E-state index is 12.5. The highest BCUT2D eigenvalue weighted by Crippen LogP contribution is 2.43. The molecular weight excluding hydrogens is 376 g/mol. The Morgan fingerprint density at radius 2 is 1.89 bits per heavy atom. The highest BCUT2D eigenvalue weighted by Gasteiger charge is 2.46. The van der Waals surface area contributed by atoms with E-state index in [-0.39, 0.29) is 29.9 Å². The van der Waals surface area contributed by atoms with Gasteiger partial charge in [0.15, 0.2) is 0 Å². The van der Waals surface area contributed by atoms with Crippen LogP contribution >= 0.6 is 0 Å². The second kappa shape index (κ2) is 9.13. The van der Waals surface area contributed by atoms with Gasteiger partial charge >= 0.3 is 17.6 Å². The molecule has 2 rings (SSSR count). The molecule has 1 aliphatic rings. The number of aliphatic hydroxyl groups is 2.